The molecule has 3 rings (SSSR count). The molecule has 174 valence electrons. The van der Waals surface area contributed by atoms with E-state index >= 15 is 0 Å². The van der Waals surface area contributed by atoms with Crippen LogP contribution in [0.5, 0.6) is 17.2 Å². The lowest BCUT2D eigenvalue weighted by Crippen LogP contribution is -2.24. The van der Waals surface area contributed by atoms with Crippen LogP contribution in [-0.2, 0) is 17.8 Å². The predicted octanol–water partition coefficient (Wildman–Crippen LogP) is 4.01. The van der Waals surface area contributed by atoms with Crippen LogP contribution in [-0.4, -0.2) is 27.2 Å². The number of nitrogen functional groups attached to an aromatic ring is 1. The third-order valence-electron chi connectivity index (χ3n) is 5.44. The molecule has 0 radical (unpaired) electrons. The summed E-state index contributed by atoms with van der Waals surface area (Å²) in [6.45, 7) is 0.521. The number of ether oxygens (including phenoxy) is 3. The van der Waals surface area contributed by atoms with E-state index in [1.807, 2.05) is 48.5 Å². The highest BCUT2D eigenvalue weighted by molar-refractivity contribution is 7.80. The Balaban J connectivity index is 1.82. The van der Waals surface area contributed by atoms with Gasteiger partial charge in [-0.15, -0.1) is 12.6 Å². The third-order valence-corrected chi connectivity index (χ3v) is 5.88. The van der Waals surface area contributed by atoms with Gasteiger partial charge < -0.3 is 31.0 Å². The van der Waals surface area contributed by atoms with Gasteiger partial charge in [0.25, 0.3) is 0 Å². The first kappa shape index (κ1) is 24.1. The van der Waals surface area contributed by atoms with Crippen LogP contribution in [0.1, 0.15) is 22.6 Å². The summed E-state index contributed by atoms with van der Waals surface area (Å²) < 4.78 is 16.2. The summed E-state index contributed by atoms with van der Waals surface area (Å²) in [5.74, 6) is 0.733. The maximum atomic E-state index is 12.2. The molecule has 1 unspecified atom stereocenters. The number of nitrogens with one attached hydrogen (secondary N) is 1. The number of nitrogens with two attached hydrogens (primary N) is 2. The molecule has 3 aromatic carbocycles. The highest BCUT2D eigenvalue weighted by Crippen LogP contribution is 2.38. The number of primary amides is 1. The molecule has 0 heterocycles. The van der Waals surface area contributed by atoms with Gasteiger partial charge in [0, 0.05) is 22.8 Å². The van der Waals surface area contributed by atoms with Gasteiger partial charge in [0.1, 0.15) is 0 Å². The Morgan fingerprint density at radius 3 is 2.24 bits per heavy atom. The normalized spacial score (nSPS) is 11.5. The fourth-order valence-electron chi connectivity index (χ4n) is 3.71. The van der Waals surface area contributed by atoms with Crippen molar-refractivity contribution in [2.24, 2.45) is 5.73 Å². The molecule has 5 N–H and O–H groups in total. The summed E-state index contributed by atoms with van der Waals surface area (Å²) in [4.78, 5) is 13.0. The number of hydrogen-bond donors (Lipinski definition) is 4. The summed E-state index contributed by atoms with van der Waals surface area (Å²) in [6.07, 6.45) is 0.391. The molecular formula is C25H29N3O4S. The summed E-state index contributed by atoms with van der Waals surface area (Å²) in [6, 6.07) is 16.8. The molecule has 0 saturated carbocycles. The number of methoxy groups -OCH3 is 3. The molecule has 1 amide bonds. The molecule has 1 atom stereocenters. The van der Waals surface area contributed by atoms with Crippen molar-refractivity contribution >= 4 is 29.9 Å². The summed E-state index contributed by atoms with van der Waals surface area (Å²) in [7, 11) is 4.74. The standard InChI is InChI=1S/C25H29N3O4S/c1-30-21-10-15(11-22(31-2)24(21)32-3)14-28-17-8-9-23(33)16(12-17)13-19(25(27)29)18-6-4-5-7-20(18)26/h4-12,19,28,33H,13-14,26H2,1-3H3,(H2,27,29). The topological polar surface area (TPSA) is 109 Å². The summed E-state index contributed by atoms with van der Waals surface area (Å²) in [5, 5.41) is 3.40. The van der Waals surface area contributed by atoms with E-state index in [2.05, 4.69) is 17.9 Å². The Bertz CT molecular complexity index is 1110. The van der Waals surface area contributed by atoms with Crippen LogP contribution < -0.4 is 31.0 Å². The highest BCUT2D eigenvalue weighted by Gasteiger charge is 2.22. The molecule has 0 aromatic heterocycles. The molecule has 0 fully saturated rings. The van der Waals surface area contributed by atoms with Gasteiger partial charge in [-0.25, -0.2) is 0 Å². The fraction of sp³-hybridized carbons (Fsp3) is 0.240. The minimum absolute atomic E-state index is 0.391. The lowest BCUT2D eigenvalue weighted by Gasteiger charge is -2.18. The Kier molecular flexibility index (Phi) is 7.95. The van der Waals surface area contributed by atoms with Crippen molar-refractivity contribution in [1.29, 1.82) is 0 Å². The Hall–Kier alpha value is -3.52. The molecule has 3 aromatic rings. The number of benzene rings is 3. The van der Waals surface area contributed by atoms with Crippen LogP contribution in [0, 0.1) is 0 Å². The predicted molar refractivity (Wildman–Crippen MR) is 134 cm³/mol. The number of carbonyl (C=O) groups is 1. The first-order valence-corrected chi connectivity index (χ1v) is 10.8. The average Bonchev–Trinajstić information content (AvgIpc) is 2.82. The van der Waals surface area contributed by atoms with E-state index in [-0.39, 0.29) is 0 Å². The van der Waals surface area contributed by atoms with Crippen molar-refractivity contribution in [3.8, 4) is 17.2 Å². The smallest absolute Gasteiger partial charge is 0.225 e. The quantitative estimate of drug-likeness (QED) is 0.265. The molecular weight excluding hydrogens is 438 g/mol. The monoisotopic (exact) mass is 467 g/mol. The molecule has 0 spiro atoms. The van der Waals surface area contributed by atoms with Crippen molar-refractivity contribution in [2.75, 3.05) is 32.4 Å². The molecule has 0 bridgehead atoms. The average molecular weight is 468 g/mol. The number of amides is 1. The van der Waals surface area contributed by atoms with Gasteiger partial charge in [0.05, 0.1) is 27.2 Å². The zero-order valence-corrected chi connectivity index (χ0v) is 19.8. The maximum Gasteiger partial charge on any atom is 0.225 e. The van der Waals surface area contributed by atoms with Crippen LogP contribution in [0.3, 0.4) is 0 Å². The zero-order valence-electron chi connectivity index (χ0n) is 18.9. The molecule has 33 heavy (non-hydrogen) atoms. The first-order valence-electron chi connectivity index (χ1n) is 10.4. The van der Waals surface area contributed by atoms with E-state index < -0.39 is 11.8 Å². The largest absolute Gasteiger partial charge is 0.493 e. The number of thiol groups is 1. The van der Waals surface area contributed by atoms with E-state index in [9.17, 15) is 4.79 Å². The number of anilines is 2. The summed E-state index contributed by atoms with van der Waals surface area (Å²) >= 11 is 4.58. The van der Waals surface area contributed by atoms with E-state index in [0.29, 0.717) is 41.5 Å². The second-order valence-electron chi connectivity index (χ2n) is 7.52. The van der Waals surface area contributed by atoms with Crippen molar-refractivity contribution in [2.45, 2.75) is 23.8 Å². The van der Waals surface area contributed by atoms with Crippen LogP contribution in [0.2, 0.25) is 0 Å². The zero-order chi connectivity index (χ0) is 24.0. The third kappa shape index (κ3) is 5.64. The van der Waals surface area contributed by atoms with Crippen molar-refractivity contribution in [3.05, 3.63) is 71.3 Å². The van der Waals surface area contributed by atoms with Gasteiger partial charge in [0.2, 0.25) is 11.7 Å². The number of para-hydroxylation sites is 1. The Labute approximate surface area is 199 Å². The van der Waals surface area contributed by atoms with Gasteiger partial charge >= 0.3 is 0 Å². The van der Waals surface area contributed by atoms with E-state index in [1.54, 1.807) is 27.4 Å². The van der Waals surface area contributed by atoms with Gasteiger partial charge in [-0.3, -0.25) is 4.79 Å². The lowest BCUT2D eigenvalue weighted by molar-refractivity contribution is -0.119. The van der Waals surface area contributed by atoms with Gasteiger partial charge in [-0.1, -0.05) is 18.2 Å². The molecule has 7 nitrogen and oxygen atoms in total. The minimum atomic E-state index is -0.553. The number of carbonyl (C=O) groups excluding carboxylic acids is 1. The SMILES string of the molecule is COc1cc(CNc2ccc(S)c(CC(C(N)=O)c3ccccc3N)c2)cc(OC)c1OC. The van der Waals surface area contributed by atoms with E-state index in [0.717, 1.165) is 21.7 Å². The van der Waals surface area contributed by atoms with Crippen molar-refractivity contribution in [1.82, 2.24) is 0 Å². The first-order chi connectivity index (χ1) is 15.9. The highest BCUT2D eigenvalue weighted by atomic mass is 32.1. The molecule has 0 aliphatic carbocycles. The number of hydrogen-bond acceptors (Lipinski definition) is 7. The van der Waals surface area contributed by atoms with Crippen LogP contribution in [0.15, 0.2) is 59.5 Å². The minimum Gasteiger partial charge on any atom is -0.493 e. The molecule has 8 heteroatoms. The maximum absolute atomic E-state index is 12.2. The van der Waals surface area contributed by atoms with Crippen molar-refractivity contribution in [3.63, 3.8) is 0 Å². The van der Waals surface area contributed by atoms with Crippen LogP contribution >= 0.6 is 12.6 Å². The molecule has 0 aliphatic heterocycles. The second-order valence-corrected chi connectivity index (χ2v) is 8.00. The Morgan fingerprint density at radius 1 is 1.00 bits per heavy atom. The number of rotatable bonds is 10. The van der Waals surface area contributed by atoms with Crippen molar-refractivity contribution < 1.29 is 19.0 Å². The Morgan fingerprint density at radius 2 is 1.67 bits per heavy atom. The van der Waals surface area contributed by atoms with E-state index in [4.69, 9.17) is 25.7 Å². The second kappa shape index (κ2) is 10.9. The molecule has 0 saturated heterocycles. The molecule has 0 aliphatic rings. The van der Waals surface area contributed by atoms with Gasteiger partial charge in [0.15, 0.2) is 11.5 Å². The fourth-order valence-corrected chi connectivity index (χ4v) is 3.94. The summed E-state index contributed by atoms with van der Waals surface area (Å²) in [5.41, 5.74) is 15.8. The van der Waals surface area contributed by atoms with Crippen LogP contribution in [0.4, 0.5) is 11.4 Å². The lowest BCUT2D eigenvalue weighted by atomic mass is 9.90. The van der Waals surface area contributed by atoms with Gasteiger partial charge in [-0.2, -0.15) is 0 Å². The van der Waals surface area contributed by atoms with E-state index in [1.165, 1.54) is 0 Å². The van der Waals surface area contributed by atoms with Crippen LogP contribution in [0.25, 0.3) is 0 Å². The van der Waals surface area contributed by atoms with Gasteiger partial charge in [-0.05, 0) is 59.5 Å².